The highest BCUT2D eigenvalue weighted by molar-refractivity contribution is 7.90. The zero-order valence-electron chi connectivity index (χ0n) is 14.7. The van der Waals surface area contributed by atoms with E-state index >= 15 is 0 Å². The third-order valence-corrected chi connectivity index (χ3v) is 5.02. The number of anilines is 2. The first kappa shape index (κ1) is 18.6. The molecule has 2 N–H and O–H groups in total. The molecule has 1 aromatic carbocycles. The van der Waals surface area contributed by atoms with Gasteiger partial charge in [0.1, 0.15) is 11.6 Å². The van der Waals surface area contributed by atoms with Crippen LogP contribution in [0.1, 0.15) is 6.92 Å². The molecule has 2 aliphatic heterocycles. The largest absolute Gasteiger partial charge is 0.495 e. The number of sulfonamides is 1. The summed E-state index contributed by atoms with van der Waals surface area (Å²) in [5.41, 5.74) is 1.26. The molecule has 0 spiro atoms. The number of hydrogen-bond donors (Lipinski definition) is 2. The molecule has 0 bridgehead atoms. The van der Waals surface area contributed by atoms with Crippen LogP contribution >= 0.6 is 0 Å². The predicted molar refractivity (Wildman–Crippen MR) is 101 cm³/mol. The second-order valence-electron chi connectivity index (χ2n) is 5.90. The summed E-state index contributed by atoms with van der Waals surface area (Å²) in [6.07, 6.45) is 4.55. The number of nitrogens with zero attached hydrogens (tertiary/aromatic N) is 2. The second-order valence-corrected chi connectivity index (χ2v) is 7.65. The van der Waals surface area contributed by atoms with Crippen LogP contribution in [0.25, 0.3) is 0 Å². The number of amides is 2. The SMILES string of the molecule is COc1ccc(NC(=O)C2=CN3CCS(=O)(=O)N=C3C=C2)cc1NC(C)=O. The zero-order chi connectivity index (χ0) is 19.6. The van der Waals surface area contributed by atoms with Crippen LogP contribution in [0.2, 0.25) is 0 Å². The van der Waals surface area contributed by atoms with Crippen LogP contribution in [-0.4, -0.2) is 50.4 Å². The number of benzene rings is 1. The van der Waals surface area contributed by atoms with E-state index in [1.807, 2.05) is 0 Å². The van der Waals surface area contributed by atoms with Crippen LogP contribution in [-0.2, 0) is 19.6 Å². The van der Waals surface area contributed by atoms with Gasteiger partial charge in [-0.05, 0) is 30.4 Å². The molecule has 2 amide bonds. The average molecular weight is 390 g/mol. The smallest absolute Gasteiger partial charge is 0.257 e. The van der Waals surface area contributed by atoms with E-state index in [-0.39, 0.29) is 29.9 Å². The average Bonchev–Trinajstić information content (AvgIpc) is 2.60. The first-order chi connectivity index (χ1) is 12.8. The standard InChI is InChI=1S/C17H18N4O5S/c1-11(22)18-14-9-13(4-5-15(14)26-2)19-17(23)12-3-6-16-20-27(24,25)8-7-21(16)10-12/h3-6,9-10H,7-8H2,1-2H3,(H,18,22)(H,19,23). The van der Waals surface area contributed by atoms with E-state index < -0.39 is 10.0 Å². The lowest BCUT2D eigenvalue weighted by Crippen LogP contribution is -2.37. The van der Waals surface area contributed by atoms with Crippen LogP contribution in [0.5, 0.6) is 5.75 Å². The van der Waals surface area contributed by atoms with E-state index in [2.05, 4.69) is 15.0 Å². The van der Waals surface area contributed by atoms with E-state index in [1.54, 1.807) is 29.3 Å². The normalized spacial score (nSPS) is 17.3. The molecule has 142 valence electrons. The van der Waals surface area contributed by atoms with Crippen molar-refractivity contribution >= 4 is 39.0 Å². The molecule has 0 saturated carbocycles. The molecule has 27 heavy (non-hydrogen) atoms. The fraction of sp³-hybridized carbons (Fsp3) is 0.235. The quantitative estimate of drug-likeness (QED) is 0.795. The Morgan fingerprint density at radius 1 is 1.22 bits per heavy atom. The van der Waals surface area contributed by atoms with Gasteiger partial charge in [0.15, 0.2) is 0 Å². The van der Waals surface area contributed by atoms with Gasteiger partial charge in [0.05, 0.1) is 24.1 Å². The Balaban J connectivity index is 1.78. The van der Waals surface area contributed by atoms with Crippen LogP contribution in [0.3, 0.4) is 0 Å². The van der Waals surface area contributed by atoms with Crippen LogP contribution in [0.4, 0.5) is 11.4 Å². The maximum atomic E-state index is 12.5. The zero-order valence-corrected chi connectivity index (χ0v) is 15.5. The maximum Gasteiger partial charge on any atom is 0.257 e. The van der Waals surface area contributed by atoms with Crippen molar-refractivity contribution < 1.29 is 22.7 Å². The van der Waals surface area contributed by atoms with Gasteiger partial charge in [-0.15, -0.1) is 4.40 Å². The van der Waals surface area contributed by atoms with Gasteiger partial charge in [0.25, 0.3) is 15.9 Å². The molecular weight excluding hydrogens is 372 g/mol. The Morgan fingerprint density at radius 2 is 2.00 bits per heavy atom. The van der Waals surface area contributed by atoms with Crippen LogP contribution < -0.4 is 15.4 Å². The number of methoxy groups -OCH3 is 1. The van der Waals surface area contributed by atoms with Crippen molar-refractivity contribution in [3.05, 3.63) is 42.1 Å². The van der Waals surface area contributed by atoms with Gasteiger partial charge in [-0.1, -0.05) is 0 Å². The summed E-state index contributed by atoms with van der Waals surface area (Å²) in [4.78, 5) is 25.5. The van der Waals surface area contributed by atoms with Gasteiger partial charge in [-0.25, -0.2) is 8.42 Å². The Labute approximate surface area is 156 Å². The molecule has 3 rings (SSSR count). The number of amidine groups is 1. The number of carbonyl (C=O) groups excluding carboxylic acids is 2. The minimum Gasteiger partial charge on any atom is -0.495 e. The minimum atomic E-state index is -3.44. The Hall–Kier alpha value is -3.14. The van der Waals surface area contributed by atoms with Gasteiger partial charge < -0.3 is 20.3 Å². The maximum absolute atomic E-state index is 12.5. The summed E-state index contributed by atoms with van der Waals surface area (Å²) >= 11 is 0. The molecule has 0 saturated heterocycles. The fourth-order valence-corrected chi connectivity index (χ4v) is 3.58. The molecule has 10 heteroatoms. The lowest BCUT2D eigenvalue weighted by Gasteiger charge is -2.27. The molecule has 2 aliphatic rings. The molecule has 0 atom stereocenters. The summed E-state index contributed by atoms with van der Waals surface area (Å²) < 4.78 is 31.9. The van der Waals surface area contributed by atoms with E-state index in [1.165, 1.54) is 26.2 Å². The molecule has 0 unspecified atom stereocenters. The molecule has 2 heterocycles. The highest BCUT2D eigenvalue weighted by atomic mass is 32.2. The van der Waals surface area contributed by atoms with Crippen molar-refractivity contribution in [2.24, 2.45) is 4.40 Å². The van der Waals surface area contributed by atoms with Crippen molar-refractivity contribution in [1.82, 2.24) is 4.90 Å². The number of hydrogen-bond acceptors (Lipinski definition) is 6. The van der Waals surface area contributed by atoms with Crippen molar-refractivity contribution in [2.75, 3.05) is 30.0 Å². The van der Waals surface area contributed by atoms with Crippen LogP contribution in [0.15, 0.2) is 46.5 Å². The molecule has 0 aliphatic carbocycles. The summed E-state index contributed by atoms with van der Waals surface area (Å²) in [5, 5.41) is 5.38. The van der Waals surface area contributed by atoms with Gasteiger partial charge >= 0.3 is 0 Å². The number of rotatable bonds is 4. The Bertz CT molecular complexity index is 995. The minimum absolute atomic E-state index is 0.103. The highest BCUT2D eigenvalue weighted by Gasteiger charge is 2.25. The lowest BCUT2D eigenvalue weighted by atomic mass is 10.1. The van der Waals surface area contributed by atoms with Crippen molar-refractivity contribution in [2.45, 2.75) is 6.92 Å². The molecule has 1 aromatic rings. The first-order valence-electron chi connectivity index (χ1n) is 8.03. The van der Waals surface area contributed by atoms with E-state index in [9.17, 15) is 18.0 Å². The van der Waals surface area contributed by atoms with Crippen molar-refractivity contribution in [1.29, 1.82) is 0 Å². The van der Waals surface area contributed by atoms with Gasteiger partial charge in [-0.3, -0.25) is 9.59 Å². The van der Waals surface area contributed by atoms with Gasteiger partial charge in [0, 0.05) is 25.4 Å². The van der Waals surface area contributed by atoms with Crippen LogP contribution in [0, 0.1) is 0 Å². The molecule has 0 aromatic heterocycles. The van der Waals surface area contributed by atoms with Gasteiger partial charge in [-0.2, -0.15) is 0 Å². The molecule has 0 radical (unpaired) electrons. The van der Waals surface area contributed by atoms with E-state index in [4.69, 9.17) is 4.74 Å². The predicted octanol–water partition coefficient (Wildman–Crippen LogP) is 1.09. The number of fused-ring (bicyclic) bond motifs is 1. The van der Waals surface area contributed by atoms with Crippen molar-refractivity contribution in [3.63, 3.8) is 0 Å². The third-order valence-electron chi connectivity index (χ3n) is 3.85. The van der Waals surface area contributed by atoms with Gasteiger partial charge in [0.2, 0.25) is 5.91 Å². The molecular formula is C17H18N4O5S. The molecule has 9 nitrogen and oxygen atoms in total. The van der Waals surface area contributed by atoms with E-state index in [0.29, 0.717) is 22.7 Å². The summed E-state index contributed by atoms with van der Waals surface area (Å²) in [6, 6.07) is 4.87. The summed E-state index contributed by atoms with van der Waals surface area (Å²) in [7, 11) is -1.96. The first-order valence-corrected chi connectivity index (χ1v) is 9.64. The molecule has 0 fully saturated rings. The second kappa shape index (κ2) is 7.23. The summed E-state index contributed by atoms with van der Waals surface area (Å²) in [6.45, 7) is 1.61. The highest BCUT2D eigenvalue weighted by Crippen LogP contribution is 2.28. The fourth-order valence-electron chi connectivity index (χ4n) is 2.61. The summed E-state index contributed by atoms with van der Waals surface area (Å²) in [5.74, 6) is 0.0127. The van der Waals surface area contributed by atoms with E-state index in [0.717, 1.165) is 0 Å². The number of carbonyl (C=O) groups is 2. The monoisotopic (exact) mass is 390 g/mol. The third kappa shape index (κ3) is 4.34. The Morgan fingerprint density at radius 3 is 2.70 bits per heavy atom. The topological polar surface area (TPSA) is 117 Å². The Kier molecular flexibility index (Phi) is 5.00. The van der Waals surface area contributed by atoms with Crippen molar-refractivity contribution in [3.8, 4) is 5.75 Å². The number of nitrogens with one attached hydrogen (secondary N) is 2. The lowest BCUT2D eigenvalue weighted by molar-refractivity contribution is -0.114. The number of ether oxygens (including phenoxy) is 1.